The van der Waals surface area contributed by atoms with Gasteiger partial charge in [-0.05, 0) is 14.0 Å². The van der Waals surface area contributed by atoms with E-state index in [1.807, 2.05) is 14.0 Å². The fraction of sp³-hybridized carbons (Fsp3) is 0.889. The number of hydrogen-bond donors (Lipinski definition) is 3. The molecule has 0 aliphatic carbocycles. The molecule has 0 radical (unpaired) electrons. The summed E-state index contributed by atoms with van der Waals surface area (Å²) in [6.07, 6.45) is -0.326. The summed E-state index contributed by atoms with van der Waals surface area (Å²) in [6, 6.07) is 0.287. The molecule has 0 aromatic heterocycles. The molecule has 1 aliphatic heterocycles. The Kier molecular flexibility index (Phi) is 11.6. The highest BCUT2D eigenvalue weighted by Gasteiger charge is 2.21. The number of carbonyl (C=O) groups is 1. The lowest BCUT2D eigenvalue weighted by Crippen LogP contribution is -2.49. The van der Waals surface area contributed by atoms with Gasteiger partial charge in [0.05, 0.1) is 6.61 Å². The Labute approximate surface area is 109 Å². The van der Waals surface area contributed by atoms with Crippen LogP contribution in [0, 0.1) is 0 Å². The second-order valence-corrected chi connectivity index (χ2v) is 3.50. The summed E-state index contributed by atoms with van der Waals surface area (Å²) in [5.41, 5.74) is 0. The van der Waals surface area contributed by atoms with Crippen LogP contribution in [0.25, 0.3) is 0 Å². The highest BCUT2D eigenvalue weighted by atomic mass is 35.5. The smallest absolute Gasteiger partial charge is 0.250 e. The van der Waals surface area contributed by atoms with Crippen LogP contribution in [-0.2, 0) is 9.53 Å². The van der Waals surface area contributed by atoms with Crippen LogP contribution in [0.1, 0.15) is 6.92 Å². The quantitative estimate of drug-likeness (QED) is 0.649. The van der Waals surface area contributed by atoms with Gasteiger partial charge < -0.3 is 20.7 Å². The normalized spacial score (nSPS) is 21.2. The van der Waals surface area contributed by atoms with E-state index >= 15 is 0 Å². The molecule has 1 saturated heterocycles. The largest absolute Gasteiger partial charge is 0.366 e. The second kappa shape index (κ2) is 10.1. The van der Waals surface area contributed by atoms with E-state index in [9.17, 15) is 4.79 Å². The minimum absolute atomic E-state index is 0. The first-order chi connectivity index (χ1) is 6.74. The lowest BCUT2D eigenvalue weighted by Gasteiger charge is -2.23. The summed E-state index contributed by atoms with van der Waals surface area (Å²) in [7, 11) is 1.87. The van der Waals surface area contributed by atoms with Crippen molar-refractivity contribution < 1.29 is 9.53 Å². The Hall–Kier alpha value is -0.0700. The Bertz CT molecular complexity index is 190. The van der Waals surface area contributed by atoms with Gasteiger partial charge in [0, 0.05) is 25.7 Å². The van der Waals surface area contributed by atoms with Gasteiger partial charge in [-0.2, -0.15) is 0 Å². The Morgan fingerprint density at radius 1 is 1.56 bits per heavy atom. The predicted octanol–water partition coefficient (Wildman–Crippen LogP) is -0.457. The number of ether oxygens (including phenoxy) is 1. The lowest BCUT2D eigenvalue weighted by molar-refractivity contribution is -0.134. The zero-order valence-corrected chi connectivity index (χ0v) is 11.2. The first-order valence-electron chi connectivity index (χ1n) is 5.01. The van der Waals surface area contributed by atoms with E-state index in [-0.39, 0.29) is 42.9 Å². The second-order valence-electron chi connectivity index (χ2n) is 3.50. The van der Waals surface area contributed by atoms with Crippen LogP contribution in [0.15, 0.2) is 0 Å². The number of nitrogens with one attached hydrogen (secondary N) is 3. The van der Waals surface area contributed by atoms with Crippen molar-refractivity contribution >= 4 is 30.7 Å². The van der Waals surface area contributed by atoms with Gasteiger partial charge in [-0.15, -0.1) is 24.8 Å². The minimum atomic E-state index is -0.326. The fourth-order valence-electron chi connectivity index (χ4n) is 1.20. The van der Waals surface area contributed by atoms with Crippen molar-refractivity contribution in [3.8, 4) is 0 Å². The molecule has 0 bridgehead atoms. The third-order valence-electron chi connectivity index (χ3n) is 2.30. The monoisotopic (exact) mass is 273 g/mol. The van der Waals surface area contributed by atoms with E-state index in [1.165, 1.54) is 0 Å². The molecule has 0 spiro atoms. The number of carbonyl (C=O) groups excluding carboxylic acids is 1. The summed E-state index contributed by atoms with van der Waals surface area (Å²) in [5, 5.41) is 9.00. The van der Waals surface area contributed by atoms with E-state index in [0.29, 0.717) is 19.7 Å². The molecular formula is C9H21Cl2N3O2. The third kappa shape index (κ3) is 6.50. The zero-order valence-electron chi connectivity index (χ0n) is 9.62. The molecule has 1 fully saturated rings. The van der Waals surface area contributed by atoms with Gasteiger partial charge in [-0.25, -0.2) is 0 Å². The van der Waals surface area contributed by atoms with Gasteiger partial charge in [0.2, 0.25) is 0 Å². The van der Waals surface area contributed by atoms with Crippen molar-refractivity contribution in [1.82, 2.24) is 16.0 Å². The molecule has 3 N–H and O–H groups in total. The van der Waals surface area contributed by atoms with Crippen LogP contribution in [0.4, 0.5) is 0 Å². The van der Waals surface area contributed by atoms with Gasteiger partial charge in [-0.1, -0.05) is 0 Å². The molecule has 1 heterocycles. The number of amides is 1. The topological polar surface area (TPSA) is 62.4 Å². The minimum Gasteiger partial charge on any atom is -0.366 e. The molecule has 5 nitrogen and oxygen atoms in total. The fourth-order valence-corrected chi connectivity index (χ4v) is 1.20. The first kappa shape index (κ1) is 18.3. The first-order valence-corrected chi connectivity index (χ1v) is 5.01. The average Bonchev–Trinajstić information content (AvgIpc) is 2.26. The van der Waals surface area contributed by atoms with Crippen LogP contribution in [0.2, 0.25) is 0 Å². The molecule has 1 amide bonds. The van der Waals surface area contributed by atoms with Gasteiger partial charge in [0.25, 0.3) is 5.91 Å². The molecule has 7 heteroatoms. The number of likely N-dealkylation sites (N-methyl/N-ethyl adjacent to an activating group) is 1. The molecule has 2 atom stereocenters. The van der Waals surface area contributed by atoms with Gasteiger partial charge in [0.1, 0.15) is 6.10 Å². The maximum atomic E-state index is 11.5. The van der Waals surface area contributed by atoms with Gasteiger partial charge >= 0.3 is 0 Å². The van der Waals surface area contributed by atoms with E-state index in [0.717, 1.165) is 6.54 Å². The van der Waals surface area contributed by atoms with E-state index in [1.54, 1.807) is 0 Å². The standard InChI is InChI=1S/C9H19N3O2.2ClH/c1-7(10-2)5-12-9(13)8-6-11-3-4-14-8;;/h7-8,10-11H,3-6H2,1-2H3,(H,12,13);2*1H/t7?,8-;;/m1../s1. The van der Waals surface area contributed by atoms with Crippen molar-refractivity contribution in [3.63, 3.8) is 0 Å². The number of rotatable bonds is 4. The molecule has 1 unspecified atom stereocenters. The Morgan fingerprint density at radius 3 is 2.75 bits per heavy atom. The predicted molar refractivity (Wildman–Crippen MR) is 68.6 cm³/mol. The van der Waals surface area contributed by atoms with Crippen molar-refractivity contribution in [2.75, 3.05) is 33.3 Å². The molecule has 16 heavy (non-hydrogen) atoms. The zero-order chi connectivity index (χ0) is 10.4. The van der Waals surface area contributed by atoms with Crippen LogP contribution in [0.5, 0.6) is 0 Å². The highest BCUT2D eigenvalue weighted by Crippen LogP contribution is 1.95. The van der Waals surface area contributed by atoms with Crippen molar-refractivity contribution in [2.45, 2.75) is 19.1 Å². The lowest BCUT2D eigenvalue weighted by atomic mass is 10.2. The van der Waals surface area contributed by atoms with Crippen LogP contribution >= 0.6 is 24.8 Å². The summed E-state index contributed by atoms with van der Waals surface area (Å²) >= 11 is 0. The average molecular weight is 274 g/mol. The summed E-state index contributed by atoms with van der Waals surface area (Å²) in [4.78, 5) is 11.5. The molecule has 98 valence electrons. The van der Waals surface area contributed by atoms with Crippen LogP contribution in [0.3, 0.4) is 0 Å². The van der Waals surface area contributed by atoms with Crippen molar-refractivity contribution in [3.05, 3.63) is 0 Å². The van der Waals surface area contributed by atoms with E-state index in [2.05, 4.69) is 16.0 Å². The number of halogens is 2. The van der Waals surface area contributed by atoms with Crippen molar-refractivity contribution in [1.29, 1.82) is 0 Å². The Morgan fingerprint density at radius 2 is 2.25 bits per heavy atom. The highest BCUT2D eigenvalue weighted by molar-refractivity contribution is 5.85. The Balaban J connectivity index is 0. The molecule has 1 aliphatic rings. The van der Waals surface area contributed by atoms with Gasteiger partial charge in [-0.3, -0.25) is 4.79 Å². The maximum Gasteiger partial charge on any atom is 0.250 e. The molecule has 0 saturated carbocycles. The molecular weight excluding hydrogens is 253 g/mol. The molecule has 0 aromatic rings. The maximum absolute atomic E-state index is 11.5. The molecule has 1 rings (SSSR count). The SMILES string of the molecule is CNC(C)CNC(=O)[C@H]1CNCCO1.Cl.Cl. The number of morpholine rings is 1. The summed E-state index contributed by atoms with van der Waals surface area (Å²) in [5.74, 6) is -0.0284. The molecule has 0 aromatic carbocycles. The number of hydrogen-bond acceptors (Lipinski definition) is 4. The van der Waals surface area contributed by atoms with Crippen molar-refractivity contribution in [2.24, 2.45) is 0 Å². The third-order valence-corrected chi connectivity index (χ3v) is 2.30. The summed E-state index contributed by atoms with van der Waals surface area (Å²) in [6.45, 7) is 4.70. The summed E-state index contributed by atoms with van der Waals surface area (Å²) < 4.78 is 5.31. The van der Waals surface area contributed by atoms with Crippen LogP contribution < -0.4 is 16.0 Å². The van der Waals surface area contributed by atoms with Gasteiger partial charge in [0.15, 0.2) is 0 Å². The van der Waals surface area contributed by atoms with E-state index in [4.69, 9.17) is 4.74 Å². The van der Waals surface area contributed by atoms with Crippen LogP contribution in [-0.4, -0.2) is 51.3 Å². The van der Waals surface area contributed by atoms with E-state index < -0.39 is 0 Å².